The summed E-state index contributed by atoms with van der Waals surface area (Å²) in [5.41, 5.74) is 1.78. The molecule has 4 heterocycles. The monoisotopic (exact) mass is 754 g/mol. The molecule has 50 heavy (non-hydrogen) atoms. The lowest BCUT2D eigenvalue weighted by atomic mass is 10.1. The lowest BCUT2D eigenvalue weighted by Gasteiger charge is -2.37. The zero-order chi connectivity index (χ0) is 34.7. The summed E-state index contributed by atoms with van der Waals surface area (Å²) >= 11 is 4.62. The standard InChI is InChI=1S/C33H30N4O9S4/c38-25(29-34(41)17-9-1-5-13-21(17)47-29)27(31-36(43)19-11-3-7-15-23(19)49-31)45-33(40)46-28(32-37(44)20-12-4-8-16-24(20)50-32)26(39)30-35(42)18-10-2-6-14-22(18)48-30/h1-16,25-32,38-39,41-44H. The van der Waals surface area contributed by atoms with Crippen molar-refractivity contribution < 1.29 is 45.3 Å². The molecule has 17 heteroatoms. The van der Waals surface area contributed by atoms with Crippen molar-refractivity contribution in [2.45, 2.75) is 65.5 Å². The minimum absolute atomic E-state index is 0.435. The normalized spacial score (nSPS) is 24.3. The van der Waals surface area contributed by atoms with Gasteiger partial charge >= 0.3 is 6.16 Å². The molecular weight excluding hydrogens is 725 g/mol. The highest BCUT2D eigenvalue weighted by Gasteiger charge is 2.51. The van der Waals surface area contributed by atoms with E-state index in [0.29, 0.717) is 42.3 Å². The van der Waals surface area contributed by atoms with Crippen LogP contribution in [0.2, 0.25) is 0 Å². The fraction of sp³-hybridized carbons (Fsp3) is 0.242. The van der Waals surface area contributed by atoms with Crippen LogP contribution in [-0.2, 0) is 9.47 Å². The van der Waals surface area contributed by atoms with Gasteiger partial charge in [0.15, 0.2) is 12.2 Å². The second-order valence-corrected chi connectivity index (χ2v) is 16.3. The summed E-state index contributed by atoms with van der Waals surface area (Å²) in [7, 11) is 0. The first-order chi connectivity index (χ1) is 24.2. The van der Waals surface area contributed by atoms with Gasteiger partial charge < -0.3 is 19.7 Å². The molecule has 6 N–H and O–H groups in total. The highest BCUT2D eigenvalue weighted by molar-refractivity contribution is 8.01. The second kappa shape index (κ2) is 13.6. The van der Waals surface area contributed by atoms with E-state index in [1.807, 2.05) is 0 Å². The molecule has 0 spiro atoms. The molecule has 0 fully saturated rings. The van der Waals surface area contributed by atoms with Gasteiger partial charge in [-0.05, 0) is 48.5 Å². The zero-order valence-electron chi connectivity index (χ0n) is 25.7. The van der Waals surface area contributed by atoms with E-state index in [9.17, 15) is 35.8 Å². The van der Waals surface area contributed by atoms with Gasteiger partial charge in [0.1, 0.15) is 33.7 Å². The van der Waals surface area contributed by atoms with E-state index in [-0.39, 0.29) is 0 Å². The lowest BCUT2D eigenvalue weighted by Crippen LogP contribution is -2.55. The van der Waals surface area contributed by atoms with Crippen LogP contribution < -0.4 is 20.3 Å². The average molecular weight is 755 g/mol. The summed E-state index contributed by atoms with van der Waals surface area (Å²) in [5.74, 6) is 0. The number of carbonyl (C=O) groups excluding carboxylic acids is 1. The van der Waals surface area contributed by atoms with Crippen molar-refractivity contribution in [3.05, 3.63) is 97.1 Å². The van der Waals surface area contributed by atoms with Crippen LogP contribution in [0, 0.1) is 0 Å². The maximum Gasteiger partial charge on any atom is 0.509 e. The van der Waals surface area contributed by atoms with Crippen LogP contribution in [0.4, 0.5) is 27.5 Å². The summed E-state index contributed by atoms with van der Waals surface area (Å²) in [6.45, 7) is 0. The summed E-state index contributed by atoms with van der Waals surface area (Å²) in [6, 6.07) is 28.0. The smallest absolute Gasteiger partial charge is 0.425 e. The maximum absolute atomic E-state index is 13.9. The number of hydrogen-bond donors (Lipinski definition) is 6. The van der Waals surface area contributed by atoms with Crippen LogP contribution in [0.3, 0.4) is 0 Å². The van der Waals surface area contributed by atoms with Crippen molar-refractivity contribution in [3.8, 4) is 0 Å². The molecule has 4 aliphatic rings. The molecule has 0 radical (unpaired) electrons. The third-order valence-corrected chi connectivity index (χ3v) is 13.9. The first kappa shape index (κ1) is 33.6. The highest BCUT2D eigenvalue weighted by atomic mass is 32.2. The number of fused-ring (bicyclic) bond motifs is 4. The Morgan fingerprint density at radius 2 is 0.740 bits per heavy atom. The van der Waals surface area contributed by atoms with Crippen LogP contribution >= 0.6 is 47.0 Å². The Kier molecular flexibility index (Phi) is 9.13. The molecule has 0 saturated heterocycles. The van der Waals surface area contributed by atoms with Gasteiger partial charge in [-0.25, -0.2) is 25.0 Å². The van der Waals surface area contributed by atoms with E-state index in [1.165, 1.54) is 0 Å². The number of rotatable bonds is 8. The Bertz CT molecular complexity index is 1780. The van der Waals surface area contributed by atoms with Gasteiger partial charge in [0, 0.05) is 19.6 Å². The minimum atomic E-state index is -1.58. The topological polar surface area (TPSA) is 170 Å². The molecule has 0 amide bonds. The average Bonchev–Trinajstić information content (AvgIpc) is 3.86. The van der Waals surface area contributed by atoms with Crippen LogP contribution in [0.5, 0.6) is 0 Å². The maximum atomic E-state index is 13.9. The van der Waals surface area contributed by atoms with E-state index in [2.05, 4.69) is 0 Å². The molecular formula is C33H30N4O9S4. The molecule has 8 unspecified atom stereocenters. The summed E-state index contributed by atoms with van der Waals surface area (Å²) in [4.78, 5) is 16.6. The van der Waals surface area contributed by atoms with Gasteiger partial charge in [0.25, 0.3) is 0 Å². The molecule has 0 aliphatic carbocycles. The number of para-hydroxylation sites is 4. The number of carbonyl (C=O) groups is 1. The molecule has 0 saturated carbocycles. The molecule has 13 nitrogen and oxygen atoms in total. The van der Waals surface area contributed by atoms with E-state index in [4.69, 9.17) is 9.47 Å². The van der Waals surface area contributed by atoms with Gasteiger partial charge in [-0.2, -0.15) is 0 Å². The molecule has 0 bridgehead atoms. The number of aliphatic hydroxyl groups is 2. The Hall–Kier alpha value is -3.49. The molecule has 8 rings (SSSR count). The van der Waals surface area contributed by atoms with Crippen molar-refractivity contribution in [1.82, 2.24) is 0 Å². The fourth-order valence-corrected chi connectivity index (χ4v) is 11.2. The number of ether oxygens (including phenoxy) is 2. The van der Waals surface area contributed by atoms with E-state index < -0.39 is 52.1 Å². The molecule has 4 aliphatic heterocycles. The number of nitrogens with zero attached hydrogens (tertiary/aromatic N) is 4. The number of aliphatic hydroxyl groups excluding tert-OH is 2. The highest BCUT2D eigenvalue weighted by Crippen LogP contribution is 2.50. The van der Waals surface area contributed by atoms with Crippen LogP contribution in [0.15, 0.2) is 117 Å². The quantitative estimate of drug-likeness (QED) is 0.117. The SMILES string of the molecule is O=C(OC(C(O)C1Sc2ccccc2N1O)C1Sc2ccccc2N1O)OC(C(O)C1Sc2ccccc2N1O)C1Sc2ccccc2N1O. The molecule has 8 atom stereocenters. The number of thioether (sulfide) groups is 4. The van der Waals surface area contributed by atoms with Gasteiger partial charge in [-0.3, -0.25) is 20.8 Å². The molecule has 4 aromatic rings. The van der Waals surface area contributed by atoms with Crippen molar-refractivity contribution in [1.29, 1.82) is 0 Å². The summed E-state index contributed by atoms with van der Waals surface area (Å²) < 4.78 is 11.7. The van der Waals surface area contributed by atoms with Gasteiger partial charge in [-0.15, -0.1) is 0 Å². The van der Waals surface area contributed by atoms with Crippen molar-refractivity contribution in [2.75, 3.05) is 20.3 Å². The van der Waals surface area contributed by atoms with Crippen molar-refractivity contribution >= 4 is 76.0 Å². The van der Waals surface area contributed by atoms with Gasteiger partial charge in [-0.1, -0.05) is 95.6 Å². The predicted octanol–water partition coefficient (Wildman–Crippen LogP) is 5.91. The number of benzene rings is 4. The Morgan fingerprint density at radius 3 is 1.04 bits per heavy atom. The van der Waals surface area contributed by atoms with Crippen LogP contribution in [0.25, 0.3) is 0 Å². The number of hydrogen-bond acceptors (Lipinski definition) is 17. The molecule has 0 aromatic heterocycles. The third-order valence-electron chi connectivity index (χ3n) is 8.69. The Labute approximate surface area is 302 Å². The largest absolute Gasteiger partial charge is 0.509 e. The predicted molar refractivity (Wildman–Crippen MR) is 189 cm³/mol. The number of hydroxylamine groups is 4. The second-order valence-electron chi connectivity index (χ2n) is 11.7. The number of anilines is 4. The van der Waals surface area contributed by atoms with Gasteiger partial charge in [0.05, 0.1) is 22.7 Å². The third kappa shape index (κ3) is 5.80. The molecule has 4 aromatic carbocycles. The lowest BCUT2D eigenvalue weighted by molar-refractivity contribution is -0.0797. The van der Waals surface area contributed by atoms with Crippen molar-refractivity contribution in [2.24, 2.45) is 0 Å². The van der Waals surface area contributed by atoms with E-state index in [0.717, 1.165) is 67.3 Å². The van der Waals surface area contributed by atoms with Gasteiger partial charge in [0.2, 0.25) is 0 Å². The first-order valence-electron chi connectivity index (χ1n) is 15.4. The fourth-order valence-electron chi connectivity index (χ4n) is 6.26. The van der Waals surface area contributed by atoms with Crippen molar-refractivity contribution in [3.63, 3.8) is 0 Å². The molecule has 260 valence electrons. The summed E-state index contributed by atoms with van der Waals surface area (Å²) in [5, 5.41) is 67.7. The van der Waals surface area contributed by atoms with Crippen LogP contribution in [0.1, 0.15) is 0 Å². The van der Waals surface area contributed by atoms with E-state index in [1.54, 1.807) is 97.1 Å². The van der Waals surface area contributed by atoms with E-state index >= 15 is 0 Å². The Balaban J connectivity index is 1.09. The van der Waals surface area contributed by atoms with Crippen LogP contribution in [-0.4, -0.2) is 83.1 Å². The minimum Gasteiger partial charge on any atom is -0.425 e. The summed E-state index contributed by atoms with van der Waals surface area (Å²) in [6.07, 6.45) is -7.48. The first-order valence-corrected chi connectivity index (χ1v) is 18.9. The zero-order valence-corrected chi connectivity index (χ0v) is 29.0. The Morgan fingerprint density at radius 1 is 0.480 bits per heavy atom.